The highest BCUT2D eigenvalue weighted by Gasteiger charge is 2.47. The molecule has 1 aromatic rings. The quantitative estimate of drug-likeness (QED) is 0.336. The normalized spacial score (nSPS) is 13.2. The average Bonchev–Trinajstić information content (AvgIpc) is 2.63. The van der Waals surface area contributed by atoms with Crippen LogP contribution in [0.3, 0.4) is 0 Å². The molecule has 0 bridgehead atoms. The molecular weight excluding hydrogens is 305 g/mol. The number of aryl methyl sites for hydroxylation is 1. The zero-order valence-corrected chi connectivity index (χ0v) is 11.1. The first-order chi connectivity index (χ1) is 9.15. The molecule has 0 radical (unpaired) electrons. The summed E-state index contributed by atoms with van der Waals surface area (Å²) < 4.78 is 66.0. The monoisotopic (exact) mass is 316 g/mol. The van der Waals surface area contributed by atoms with E-state index in [0.29, 0.717) is 5.82 Å². The van der Waals surface area contributed by atoms with E-state index < -0.39 is 28.0 Å². The van der Waals surface area contributed by atoms with Crippen molar-refractivity contribution in [2.45, 2.75) is 25.4 Å². The summed E-state index contributed by atoms with van der Waals surface area (Å²) in [6.07, 6.45) is 2.77. The Kier molecular flexibility index (Phi) is 5.11. The number of nitrogens with zero attached hydrogens (tertiary/aromatic N) is 2. The number of alkyl halides is 3. The van der Waals surface area contributed by atoms with Crippen molar-refractivity contribution >= 4 is 10.1 Å². The summed E-state index contributed by atoms with van der Waals surface area (Å²) in [5.41, 5.74) is -5.43. The third-order valence-electron chi connectivity index (χ3n) is 2.13. The maximum atomic E-state index is 11.9. The summed E-state index contributed by atoms with van der Waals surface area (Å²) in [6, 6.07) is 0. The van der Waals surface area contributed by atoms with E-state index in [2.05, 4.69) is 13.9 Å². The Morgan fingerprint density at radius 3 is 2.55 bits per heavy atom. The van der Waals surface area contributed by atoms with Gasteiger partial charge in [-0.2, -0.15) is 21.6 Å². The van der Waals surface area contributed by atoms with Gasteiger partial charge in [-0.3, -0.25) is 13.3 Å². The lowest BCUT2D eigenvalue weighted by molar-refractivity contribution is -0.0541. The van der Waals surface area contributed by atoms with Crippen LogP contribution in [0.25, 0.3) is 0 Å². The summed E-state index contributed by atoms with van der Waals surface area (Å²) in [5, 5.41) is 3.40. The number of aromatic nitrogens is 2. The second-order valence-electron chi connectivity index (χ2n) is 3.59. The molecule has 0 fully saturated rings. The molecule has 0 N–H and O–H groups in total. The van der Waals surface area contributed by atoms with Crippen LogP contribution in [0.15, 0.2) is 21.5 Å². The highest BCUT2D eigenvalue weighted by Crippen LogP contribution is 2.24. The SMILES string of the molecule is Cc1noc(=O)n1C/C=C\CCOS(=O)(=O)C(F)(F)F. The van der Waals surface area contributed by atoms with Gasteiger partial charge >= 0.3 is 21.4 Å². The van der Waals surface area contributed by atoms with E-state index in [1.165, 1.54) is 23.6 Å². The average molecular weight is 316 g/mol. The van der Waals surface area contributed by atoms with Gasteiger partial charge in [0.25, 0.3) is 0 Å². The van der Waals surface area contributed by atoms with Gasteiger partial charge in [0.2, 0.25) is 0 Å². The molecule has 0 spiro atoms. The molecule has 114 valence electrons. The van der Waals surface area contributed by atoms with Gasteiger partial charge in [0.05, 0.1) is 6.61 Å². The molecule has 11 heteroatoms. The van der Waals surface area contributed by atoms with Gasteiger partial charge in [0.15, 0.2) is 5.82 Å². The number of halogens is 3. The van der Waals surface area contributed by atoms with E-state index in [1.807, 2.05) is 0 Å². The van der Waals surface area contributed by atoms with Crippen LogP contribution in [0.5, 0.6) is 0 Å². The van der Waals surface area contributed by atoms with Crippen molar-refractivity contribution < 1.29 is 30.3 Å². The highest BCUT2D eigenvalue weighted by atomic mass is 32.2. The van der Waals surface area contributed by atoms with Crippen LogP contribution in [0.1, 0.15) is 12.2 Å². The molecule has 20 heavy (non-hydrogen) atoms. The molecule has 1 aromatic heterocycles. The second-order valence-corrected chi connectivity index (χ2v) is 5.20. The topological polar surface area (TPSA) is 91.4 Å². The van der Waals surface area contributed by atoms with E-state index in [-0.39, 0.29) is 13.0 Å². The van der Waals surface area contributed by atoms with Gasteiger partial charge < -0.3 is 0 Å². The number of hydrogen-bond donors (Lipinski definition) is 0. The Hall–Kier alpha value is -1.62. The van der Waals surface area contributed by atoms with Crippen LogP contribution in [0.2, 0.25) is 0 Å². The Morgan fingerprint density at radius 2 is 2.05 bits per heavy atom. The summed E-state index contributed by atoms with van der Waals surface area (Å²) in [4.78, 5) is 11.1. The van der Waals surface area contributed by atoms with Crippen LogP contribution in [-0.4, -0.2) is 30.3 Å². The van der Waals surface area contributed by atoms with Crippen LogP contribution < -0.4 is 5.76 Å². The first kappa shape index (κ1) is 16.4. The van der Waals surface area contributed by atoms with Gasteiger partial charge in [0, 0.05) is 6.54 Å². The molecule has 0 atom stereocenters. The van der Waals surface area contributed by atoms with E-state index in [1.54, 1.807) is 0 Å². The summed E-state index contributed by atoms with van der Waals surface area (Å²) in [5.74, 6) is -0.321. The molecule has 0 aliphatic heterocycles. The van der Waals surface area contributed by atoms with E-state index >= 15 is 0 Å². The molecule has 0 saturated heterocycles. The number of allylic oxidation sites excluding steroid dienone is 1. The van der Waals surface area contributed by atoms with Crippen LogP contribution in [-0.2, 0) is 20.8 Å². The molecular formula is C9H11F3N2O5S. The highest BCUT2D eigenvalue weighted by molar-refractivity contribution is 7.87. The molecule has 0 amide bonds. The van der Waals surface area contributed by atoms with Gasteiger partial charge in [-0.15, -0.1) is 0 Å². The van der Waals surface area contributed by atoms with Gasteiger partial charge in [-0.1, -0.05) is 17.3 Å². The van der Waals surface area contributed by atoms with Crippen molar-refractivity contribution in [1.29, 1.82) is 0 Å². The first-order valence-corrected chi connectivity index (χ1v) is 6.70. The van der Waals surface area contributed by atoms with Crippen LogP contribution in [0.4, 0.5) is 13.2 Å². The standard InChI is InChI=1S/C9H11F3N2O5S/c1-7-13-19-8(15)14(7)5-3-2-4-6-18-20(16,17)9(10,11)12/h2-3H,4-6H2,1H3/b3-2-. The third-order valence-corrected chi connectivity index (χ3v) is 3.17. The minimum atomic E-state index is -5.56. The fourth-order valence-corrected chi connectivity index (χ4v) is 1.58. The Bertz CT molecular complexity index is 629. The largest absolute Gasteiger partial charge is 0.523 e. The molecule has 0 aliphatic carbocycles. The zero-order chi connectivity index (χ0) is 15.4. The minimum absolute atomic E-state index is 0.0611. The summed E-state index contributed by atoms with van der Waals surface area (Å²) in [6.45, 7) is 1.01. The Balaban J connectivity index is 2.39. The molecule has 7 nitrogen and oxygen atoms in total. The van der Waals surface area contributed by atoms with Crippen molar-refractivity contribution in [2.75, 3.05) is 6.61 Å². The lowest BCUT2D eigenvalue weighted by Gasteiger charge is -2.06. The maximum absolute atomic E-state index is 11.9. The molecule has 0 aliphatic rings. The predicted octanol–water partition coefficient (Wildman–Crippen LogP) is 0.957. The maximum Gasteiger partial charge on any atom is 0.523 e. The fraction of sp³-hybridized carbons (Fsp3) is 0.556. The second kappa shape index (κ2) is 6.22. The summed E-state index contributed by atoms with van der Waals surface area (Å²) >= 11 is 0. The predicted molar refractivity (Wildman–Crippen MR) is 60.2 cm³/mol. The Morgan fingerprint density at radius 1 is 1.40 bits per heavy atom. The van der Waals surface area contributed by atoms with Crippen LogP contribution >= 0.6 is 0 Å². The summed E-state index contributed by atoms with van der Waals surface area (Å²) in [7, 11) is -5.56. The Labute approximate surface area is 111 Å². The number of rotatable bonds is 6. The molecule has 0 unspecified atom stereocenters. The van der Waals surface area contributed by atoms with Gasteiger partial charge in [0.1, 0.15) is 0 Å². The lowest BCUT2D eigenvalue weighted by atomic mass is 10.4. The fourth-order valence-electron chi connectivity index (χ4n) is 1.13. The molecule has 0 aromatic carbocycles. The van der Waals surface area contributed by atoms with Crippen molar-refractivity contribution in [1.82, 2.24) is 9.72 Å². The smallest absolute Gasteiger partial charge is 0.296 e. The lowest BCUT2D eigenvalue weighted by Crippen LogP contribution is -2.25. The molecule has 1 heterocycles. The molecule has 0 saturated carbocycles. The minimum Gasteiger partial charge on any atom is -0.296 e. The van der Waals surface area contributed by atoms with Crippen molar-refractivity contribution in [3.05, 3.63) is 28.5 Å². The van der Waals surface area contributed by atoms with Crippen molar-refractivity contribution in [3.63, 3.8) is 0 Å². The van der Waals surface area contributed by atoms with E-state index in [9.17, 15) is 26.4 Å². The zero-order valence-electron chi connectivity index (χ0n) is 10.3. The molecule has 1 rings (SSSR count). The van der Waals surface area contributed by atoms with Crippen molar-refractivity contribution in [3.8, 4) is 0 Å². The van der Waals surface area contributed by atoms with Gasteiger partial charge in [-0.25, -0.2) is 4.79 Å². The van der Waals surface area contributed by atoms with Crippen LogP contribution in [0, 0.1) is 6.92 Å². The van der Waals surface area contributed by atoms with E-state index in [0.717, 1.165) is 0 Å². The van der Waals surface area contributed by atoms with Crippen molar-refractivity contribution in [2.24, 2.45) is 0 Å². The van der Waals surface area contributed by atoms with E-state index in [4.69, 9.17) is 0 Å². The number of hydrogen-bond acceptors (Lipinski definition) is 6. The van der Waals surface area contributed by atoms with Gasteiger partial charge in [-0.05, 0) is 13.3 Å². The first-order valence-electron chi connectivity index (χ1n) is 5.29. The third kappa shape index (κ3) is 4.20.